The van der Waals surface area contributed by atoms with E-state index in [1.807, 2.05) is 0 Å². The molecule has 0 aliphatic heterocycles. The van der Waals surface area contributed by atoms with Crippen LogP contribution in [0.15, 0.2) is 36.7 Å². The zero-order valence-corrected chi connectivity index (χ0v) is 7.77. The summed E-state index contributed by atoms with van der Waals surface area (Å²) >= 11 is 0. The van der Waals surface area contributed by atoms with Gasteiger partial charge in [0, 0.05) is 23.6 Å². The third-order valence-electron chi connectivity index (χ3n) is 2.02. The maximum Gasteiger partial charge on any atom is 0.320 e. The minimum Gasteiger partial charge on any atom is -0.399 e. The smallest absolute Gasteiger partial charge is 0.320 e. The van der Waals surface area contributed by atoms with E-state index in [0.717, 1.165) is 4.57 Å². The zero-order chi connectivity index (χ0) is 10.8. The molecule has 0 amide bonds. The SMILES string of the molecule is Nc1cccc(-c2nccn2C(F)F)c1. The number of benzene rings is 1. The number of alkyl halides is 2. The predicted molar refractivity (Wildman–Crippen MR) is 53.3 cm³/mol. The highest BCUT2D eigenvalue weighted by Gasteiger charge is 2.12. The van der Waals surface area contributed by atoms with Crippen molar-refractivity contribution in [2.24, 2.45) is 0 Å². The highest BCUT2D eigenvalue weighted by atomic mass is 19.3. The summed E-state index contributed by atoms with van der Waals surface area (Å²) in [7, 11) is 0. The van der Waals surface area contributed by atoms with Crippen LogP contribution in [0.25, 0.3) is 11.4 Å². The molecule has 5 heteroatoms. The number of hydrogen-bond acceptors (Lipinski definition) is 2. The average molecular weight is 209 g/mol. The predicted octanol–water partition coefficient (Wildman–Crippen LogP) is 2.53. The van der Waals surface area contributed by atoms with Gasteiger partial charge in [-0.25, -0.2) is 4.98 Å². The van der Waals surface area contributed by atoms with Crippen molar-refractivity contribution in [1.29, 1.82) is 0 Å². The Bertz CT molecular complexity index is 465. The van der Waals surface area contributed by atoms with Crippen LogP contribution in [-0.2, 0) is 0 Å². The van der Waals surface area contributed by atoms with E-state index in [9.17, 15) is 8.78 Å². The lowest BCUT2D eigenvalue weighted by molar-refractivity contribution is 0.0720. The molecule has 0 spiro atoms. The van der Waals surface area contributed by atoms with Gasteiger partial charge in [-0.15, -0.1) is 0 Å². The van der Waals surface area contributed by atoms with Crippen LogP contribution in [0, 0.1) is 0 Å². The molecule has 3 nitrogen and oxygen atoms in total. The van der Waals surface area contributed by atoms with Crippen molar-refractivity contribution < 1.29 is 8.78 Å². The van der Waals surface area contributed by atoms with Gasteiger partial charge in [-0.1, -0.05) is 12.1 Å². The number of nitrogen functional groups attached to an aromatic ring is 1. The normalized spacial score (nSPS) is 10.9. The molecule has 1 heterocycles. The fourth-order valence-corrected chi connectivity index (χ4v) is 1.37. The first-order valence-corrected chi connectivity index (χ1v) is 4.35. The molecule has 0 aliphatic rings. The van der Waals surface area contributed by atoms with E-state index in [1.54, 1.807) is 24.3 Å². The van der Waals surface area contributed by atoms with E-state index in [2.05, 4.69) is 4.98 Å². The number of anilines is 1. The third-order valence-corrected chi connectivity index (χ3v) is 2.02. The van der Waals surface area contributed by atoms with Gasteiger partial charge in [0.2, 0.25) is 0 Å². The highest BCUT2D eigenvalue weighted by molar-refractivity contribution is 5.61. The summed E-state index contributed by atoms with van der Waals surface area (Å²) in [5, 5.41) is 0. The number of aromatic nitrogens is 2. The topological polar surface area (TPSA) is 43.8 Å². The summed E-state index contributed by atoms with van der Waals surface area (Å²) < 4.78 is 25.9. The van der Waals surface area contributed by atoms with Crippen molar-refractivity contribution in [1.82, 2.24) is 9.55 Å². The second-order valence-corrected chi connectivity index (χ2v) is 3.06. The molecule has 2 aromatic rings. The average Bonchev–Trinajstić information content (AvgIpc) is 2.65. The molecule has 0 aliphatic carbocycles. The zero-order valence-electron chi connectivity index (χ0n) is 7.77. The summed E-state index contributed by atoms with van der Waals surface area (Å²) in [6, 6.07) is 6.70. The number of hydrogen-bond donors (Lipinski definition) is 1. The number of nitrogens with zero attached hydrogens (tertiary/aromatic N) is 2. The van der Waals surface area contributed by atoms with Crippen molar-refractivity contribution in [2.45, 2.75) is 6.55 Å². The second kappa shape index (κ2) is 3.68. The Morgan fingerprint density at radius 1 is 1.33 bits per heavy atom. The van der Waals surface area contributed by atoms with E-state index in [0.29, 0.717) is 11.3 Å². The first kappa shape index (κ1) is 9.64. The fourth-order valence-electron chi connectivity index (χ4n) is 1.37. The van der Waals surface area contributed by atoms with Crippen LogP contribution in [0.2, 0.25) is 0 Å². The van der Waals surface area contributed by atoms with Gasteiger partial charge < -0.3 is 5.73 Å². The Morgan fingerprint density at radius 3 is 2.80 bits per heavy atom. The van der Waals surface area contributed by atoms with E-state index in [1.165, 1.54) is 12.4 Å². The molecule has 0 unspecified atom stereocenters. The molecule has 15 heavy (non-hydrogen) atoms. The Hall–Kier alpha value is -1.91. The lowest BCUT2D eigenvalue weighted by Crippen LogP contribution is -1.99. The maximum absolute atomic E-state index is 12.5. The molecule has 0 saturated heterocycles. The second-order valence-electron chi connectivity index (χ2n) is 3.06. The van der Waals surface area contributed by atoms with Gasteiger partial charge in [0.1, 0.15) is 5.82 Å². The molecule has 2 N–H and O–H groups in total. The quantitative estimate of drug-likeness (QED) is 0.772. The van der Waals surface area contributed by atoms with E-state index >= 15 is 0 Å². The summed E-state index contributed by atoms with van der Waals surface area (Å²) in [6.45, 7) is -2.59. The van der Waals surface area contributed by atoms with Crippen LogP contribution in [0.5, 0.6) is 0 Å². The van der Waals surface area contributed by atoms with E-state index < -0.39 is 6.55 Å². The molecule has 78 valence electrons. The summed E-state index contributed by atoms with van der Waals surface area (Å²) in [5.74, 6) is 0.220. The van der Waals surface area contributed by atoms with Crippen LogP contribution in [0.1, 0.15) is 6.55 Å². The summed E-state index contributed by atoms with van der Waals surface area (Å²) in [6.07, 6.45) is 2.58. The molecule has 0 saturated carbocycles. The van der Waals surface area contributed by atoms with Crippen LogP contribution >= 0.6 is 0 Å². The van der Waals surface area contributed by atoms with Crippen molar-refractivity contribution in [2.75, 3.05) is 5.73 Å². The van der Waals surface area contributed by atoms with Gasteiger partial charge in [0.25, 0.3) is 0 Å². The lowest BCUT2D eigenvalue weighted by Gasteiger charge is -2.06. The molecular weight excluding hydrogens is 200 g/mol. The van der Waals surface area contributed by atoms with Crippen molar-refractivity contribution in [3.05, 3.63) is 36.7 Å². The van der Waals surface area contributed by atoms with E-state index in [-0.39, 0.29) is 5.82 Å². The number of imidazole rings is 1. The monoisotopic (exact) mass is 209 g/mol. The van der Waals surface area contributed by atoms with Crippen LogP contribution in [0.3, 0.4) is 0 Å². The lowest BCUT2D eigenvalue weighted by atomic mass is 10.2. The molecule has 0 fully saturated rings. The first-order valence-electron chi connectivity index (χ1n) is 4.35. The first-order chi connectivity index (χ1) is 7.18. The van der Waals surface area contributed by atoms with Crippen molar-refractivity contribution in [3.8, 4) is 11.4 Å². The summed E-state index contributed by atoms with van der Waals surface area (Å²) in [4.78, 5) is 3.88. The van der Waals surface area contributed by atoms with Gasteiger partial charge >= 0.3 is 6.55 Å². The maximum atomic E-state index is 12.5. The van der Waals surface area contributed by atoms with Gasteiger partial charge in [-0.3, -0.25) is 4.57 Å². The number of halogens is 2. The highest BCUT2D eigenvalue weighted by Crippen LogP contribution is 2.23. The molecule has 0 atom stereocenters. The summed E-state index contributed by atoms with van der Waals surface area (Å²) in [5.41, 5.74) is 6.67. The van der Waals surface area contributed by atoms with Crippen LogP contribution in [-0.4, -0.2) is 9.55 Å². The van der Waals surface area contributed by atoms with E-state index in [4.69, 9.17) is 5.73 Å². The van der Waals surface area contributed by atoms with Crippen LogP contribution < -0.4 is 5.73 Å². The Labute approximate surface area is 85.2 Å². The molecule has 0 radical (unpaired) electrons. The molecule has 1 aromatic heterocycles. The molecule has 0 bridgehead atoms. The van der Waals surface area contributed by atoms with Gasteiger partial charge in [0.15, 0.2) is 0 Å². The third kappa shape index (κ3) is 1.81. The Kier molecular flexibility index (Phi) is 2.37. The van der Waals surface area contributed by atoms with Gasteiger partial charge in [-0.05, 0) is 12.1 Å². The largest absolute Gasteiger partial charge is 0.399 e. The van der Waals surface area contributed by atoms with Gasteiger partial charge in [0.05, 0.1) is 0 Å². The van der Waals surface area contributed by atoms with Crippen LogP contribution in [0.4, 0.5) is 14.5 Å². The Balaban J connectivity index is 2.49. The van der Waals surface area contributed by atoms with Crippen molar-refractivity contribution in [3.63, 3.8) is 0 Å². The number of rotatable bonds is 2. The minimum absolute atomic E-state index is 0.220. The molecule has 1 aromatic carbocycles. The Morgan fingerprint density at radius 2 is 2.13 bits per heavy atom. The fraction of sp³-hybridized carbons (Fsp3) is 0.100. The number of nitrogens with two attached hydrogens (primary N) is 1. The minimum atomic E-state index is -2.59. The molecule has 2 rings (SSSR count). The van der Waals surface area contributed by atoms with Crippen molar-refractivity contribution >= 4 is 5.69 Å². The van der Waals surface area contributed by atoms with Gasteiger partial charge in [-0.2, -0.15) is 8.78 Å². The standard InChI is InChI=1S/C10H9F2N3/c11-10(12)15-5-4-14-9(15)7-2-1-3-8(13)6-7/h1-6,10H,13H2. The molecular formula is C10H9F2N3.